The van der Waals surface area contributed by atoms with Crippen LogP contribution < -0.4 is 0 Å². The molecule has 0 radical (unpaired) electrons. The Hall–Kier alpha value is -0.503. The van der Waals surface area contributed by atoms with Crippen LogP contribution in [0.4, 0.5) is 0 Å². The lowest BCUT2D eigenvalue weighted by molar-refractivity contribution is 0.430. The molecule has 0 aliphatic heterocycles. The van der Waals surface area contributed by atoms with Crippen LogP contribution in [0.1, 0.15) is 34.6 Å². The number of allylic oxidation sites excluding steroid dienone is 3. The van der Waals surface area contributed by atoms with Gasteiger partial charge in [-0.1, -0.05) is 32.4 Å². The van der Waals surface area contributed by atoms with Crippen molar-refractivity contribution >= 4 is 8.32 Å². The van der Waals surface area contributed by atoms with Crippen LogP contribution >= 0.6 is 0 Å². The van der Waals surface area contributed by atoms with Gasteiger partial charge >= 0.3 is 0 Å². The molecule has 0 amide bonds. The highest BCUT2D eigenvalue weighted by Crippen LogP contribution is 2.36. The van der Waals surface area contributed by atoms with Crippen LogP contribution in [0.15, 0.2) is 24.0 Å². The van der Waals surface area contributed by atoms with Crippen molar-refractivity contribution in [3.05, 3.63) is 24.0 Å². The molecule has 2 heteroatoms. The van der Waals surface area contributed by atoms with Crippen molar-refractivity contribution in [2.24, 2.45) is 0 Å². The first kappa shape index (κ1) is 13.5. The molecule has 0 N–H and O–H groups in total. The van der Waals surface area contributed by atoms with E-state index in [4.69, 9.17) is 4.43 Å². The summed E-state index contributed by atoms with van der Waals surface area (Å²) in [6.07, 6.45) is 5.88. The summed E-state index contributed by atoms with van der Waals surface area (Å²) in [5.41, 5.74) is 1.29. The number of rotatable bonds is 3. The van der Waals surface area contributed by atoms with Crippen LogP contribution in [0.3, 0.4) is 0 Å². The van der Waals surface area contributed by atoms with E-state index in [1.807, 2.05) is 12.3 Å². The predicted molar refractivity (Wildman–Crippen MR) is 66.9 cm³/mol. The summed E-state index contributed by atoms with van der Waals surface area (Å²) >= 11 is 0. The van der Waals surface area contributed by atoms with Gasteiger partial charge < -0.3 is 4.43 Å². The smallest absolute Gasteiger partial charge is 0.249 e. The Bertz CT molecular complexity index is 227. The minimum atomic E-state index is -1.59. The summed E-state index contributed by atoms with van der Waals surface area (Å²) in [5.74, 6) is 0. The minimum Gasteiger partial charge on any atom is -0.549 e. The second-order valence-corrected chi connectivity index (χ2v) is 10.2. The third-order valence-corrected chi connectivity index (χ3v) is 7.01. The Morgan fingerprint density at radius 1 is 1.14 bits per heavy atom. The Labute approximate surface area is 90.0 Å². The first-order valence-electron chi connectivity index (χ1n) is 5.15. The van der Waals surface area contributed by atoms with Gasteiger partial charge in [-0.15, -0.1) is 0 Å². The van der Waals surface area contributed by atoms with Crippen LogP contribution in [-0.2, 0) is 4.43 Å². The molecule has 1 nitrogen and oxygen atoms in total. The molecule has 0 aliphatic rings. The zero-order valence-electron chi connectivity index (χ0n) is 10.6. The molecule has 0 aromatic carbocycles. The second kappa shape index (κ2) is 4.83. The Morgan fingerprint density at radius 2 is 1.64 bits per heavy atom. The van der Waals surface area contributed by atoms with Gasteiger partial charge in [-0.2, -0.15) is 0 Å². The molecular weight excluding hydrogens is 188 g/mol. The summed E-state index contributed by atoms with van der Waals surface area (Å²) in [4.78, 5) is 0. The lowest BCUT2D eigenvalue weighted by atomic mass is 10.2. The summed E-state index contributed by atoms with van der Waals surface area (Å²) in [6, 6.07) is 0. The molecule has 0 fully saturated rings. The molecule has 0 saturated carbocycles. The summed E-state index contributed by atoms with van der Waals surface area (Å²) in [6.45, 7) is 15.4. The average molecular weight is 212 g/mol. The maximum Gasteiger partial charge on any atom is 0.249 e. The molecule has 0 rings (SSSR count). The highest BCUT2D eigenvalue weighted by atomic mass is 28.4. The van der Waals surface area contributed by atoms with Crippen molar-refractivity contribution in [1.29, 1.82) is 0 Å². The molecule has 0 saturated heterocycles. The quantitative estimate of drug-likeness (QED) is 0.380. The van der Waals surface area contributed by atoms with Gasteiger partial charge in [0.2, 0.25) is 8.32 Å². The van der Waals surface area contributed by atoms with Crippen molar-refractivity contribution in [2.45, 2.75) is 52.8 Å². The van der Waals surface area contributed by atoms with Gasteiger partial charge in [0, 0.05) is 0 Å². The second-order valence-electron chi connectivity index (χ2n) is 5.45. The summed E-state index contributed by atoms with van der Waals surface area (Å²) < 4.78 is 5.86. The van der Waals surface area contributed by atoms with Crippen LogP contribution in [0.5, 0.6) is 0 Å². The number of hydrogen-bond donors (Lipinski definition) is 0. The topological polar surface area (TPSA) is 9.23 Å². The van der Waals surface area contributed by atoms with Crippen molar-refractivity contribution in [3.63, 3.8) is 0 Å². The van der Waals surface area contributed by atoms with E-state index in [2.05, 4.69) is 53.8 Å². The fourth-order valence-electron chi connectivity index (χ4n) is 0.618. The first-order chi connectivity index (χ1) is 6.17. The fraction of sp³-hybridized carbons (Fsp3) is 0.667. The molecule has 0 heterocycles. The average Bonchev–Trinajstić information content (AvgIpc) is 1.95. The highest BCUT2D eigenvalue weighted by Gasteiger charge is 2.37. The van der Waals surface area contributed by atoms with E-state index in [0.717, 1.165) is 0 Å². The van der Waals surface area contributed by atoms with E-state index in [9.17, 15) is 0 Å². The minimum absolute atomic E-state index is 0.280. The van der Waals surface area contributed by atoms with E-state index in [1.54, 1.807) is 0 Å². The van der Waals surface area contributed by atoms with Gasteiger partial charge in [-0.05, 0) is 38.1 Å². The van der Waals surface area contributed by atoms with Crippen LogP contribution in [-0.4, -0.2) is 8.32 Å². The fourth-order valence-corrected chi connectivity index (χ4v) is 1.39. The van der Waals surface area contributed by atoms with Crippen molar-refractivity contribution in [2.75, 3.05) is 0 Å². The summed E-state index contributed by atoms with van der Waals surface area (Å²) in [5, 5.41) is 0.280. The van der Waals surface area contributed by atoms with Crippen molar-refractivity contribution < 1.29 is 4.43 Å². The maximum atomic E-state index is 5.86. The van der Waals surface area contributed by atoms with Gasteiger partial charge in [-0.3, -0.25) is 0 Å². The van der Waals surface area contributed by atoms with Gasteiger partial charge in [0.1, 0.15) is 0 Å². The van der Waals surface area contributed by atoms with Crippen molar-refractivity contribution in [3.8, 4) is 0 Å². The van der Waals surface area contributed by atoms with E-state index in [1.165, 1.54) is 5.57 Å². The van der Waals surface area contributed by atoms with E-state index >= 15 is 0 Å². The normalized spacial score (nSPS) is 13.1. The number of hydrogen-bond acceptors (Lipinski definition) is 1. The molecule has 0 spiro atoms. The van der Waals surface area contributed by atoms with E-state index < -0.39 is 8.32 Å². The van der Waals surface area contributed by atoms with Crippen LogP contribution in [0.2, 0.25) is 18.1 Å². The molecule has 0 aliphatic carbocycles. The van der Waals surface area contributed by atoms with Gasteiger partial charge in [0.15, 0.2) is 0 Å². The third kappa shape index (κ3) is 4.65. The highest BCUT2D eigenvalue weighted by molar-refractivity contribution is 6.74. The zero-order chi connectivity index (χ0) is 11.4. The molecule has 0 aromatic heterocycles. The molecule has 0 bridgehead atoms. The zero-order valence-corrected chi connectivity index (χ0v) is 11.6. The molecule has 14 heavy (non-hydrogen) atoms. The Kier molecular flexibility index (Phi) is 4.65. The van der Waals surface area contributed by atoms with E-state index in [0.29, 0.717) is 0 Å². The monoisotopic (exact) mass is 212 g/mol. The van der Waals surface area contributed by atoms with E-state index in [-0.39, 0.29) is 5.04 Å². The van der Waals surface area contributed by atoms with Gasteiger partial charge in [0.25, 0.3) is 0 Å². The summed E-state index contributed by atoms with van der Waals surface area (Å²) in [7, 11) is -1.59. The largest absolute Gasteiger partial charge is 0.549 e. The van der Waals surface area contributed by atoms with Gasteiger partial charge in [0.05, 0.1) is 6.26 Å². The Morgan fingerprint density at radius 3 is 2.00 bits per heavy atom. The standard InChI is InChI=1S/C12H24OSi/c1-11(2)9-8-10-13-14(6,7)12(3,4)5/h8-10H,1-7H3/b10-8+. The lowest BCUT2D eigenvalue weighted by Crippen LogP contribution is -2.39. The molecule has 82 valence electrons. The molecule has 0 atom stereocenters. The molecule has 0 aromatic rings. The van der Waals surface area contributed by atoms with Crippen LogP contribution in [0.25, 0.3) is 0 Å². The first-order valence-corrected chi connectivity index (χ1v) is 8.05. The van der Waals surface area contributed by atoms with Gasteiger partial charge in [-0.25, -0.2) is 0 Å². The predicted octanol–water partition coefficient (Wildman–Crippen LogP) is 4.49. The Balaban J connectivity index is 4.27. The van der Waals surface area contributed by atoms with Crippen molar-refractivity contribution in [1.82, 2.24) is 0 Å². The lowest BCUT2D eigenvalue weighted by Gasteiger charge is -2.34. The SMILES string of the molecule is CC(C)=C/C=C/O[Si](C)(C)C(C)(C)C. The molecule has 0 unspecified atom stereocenters. The molecular formula is C12H24OSi. The third-order valence-electron chi connectivity index (χ3n) is 2.68. The van der Waals surface area contributed by atoms with Crippen LogP contribution in [0, 0.1) is 0 Å². The maximum absolute atomic E-state index is 5.86.